The van der Waals surface area contributed by atoms with Gasteiger partial charge in [0, 0.05) is 46.6 Å². The van der Waals surface area contributed by atoms with Crippen molar-refractivity contribution in [3.63, 3.8) is 0 Å². The van der Waals surface area contributed by atoms with E-state index in [1.807, 2.05) is 12.1 Å². The summed E-state index contributed by atoms with van der Waals surface area (Å²) in [6.45, 7) is 0. The summed E-state index contributed by atoms with van der Waals surface area (Å²) in [4.78, 5) is 5.51. The molecule has 1 saturated carbocycles. The van der Waals surface area contributed by atoms with Crippen molar-refractivity contribution in [3.8, 4) is 12.1 Å². The molecule has 0 N–H and O–H groups in total. The van der Waals surface area contributed by atoms with Gasteiger partial charge in [-0.05, 0) is 92.4 Å². The van der Waals surface area contributed by atoms with Gasteiger partial charge in [-0.25, -0.2) is 0 Å². The predicted octanol–water partition coefficient (Wildman–Crippen LogP) is 8.15. The second kappa shape index (κ2) is 10.4. The molecule has 1 aromatic rings. The van der Waals surface area contributed by atoms with E-state index in [-0.39, 0.29) is 5.92 Å². The van der Waals surface area contributed by atoms with E-state index in [4.69, 9.17) is 0 Å². The predicted molar refractivity (Wildman–Crippen MR) is 165 cm³/mol. The van der Waals surface area contributed by atoms with Gasteiger partial charge >= 0.3 is 0 Å². The number of fused-ring (bicyclic) bond motifs is 5. The number of hydrogen-bond donors (Lipinski definition) is 0. The Hall–Kier alpha value is -4.02. The van der Waals surface area contributed by atoms with Gasteiger partial charge in [0.2, 0.25) is 0 Å². The Bertz CT molecular complexity index is 1580. The smallest absolute Gasteiger partial charge is 0.0991 e. The van der Waals surface area contributed by atoms with Crippen LogP contribution in [0.5, 0.6) is 0 Å². The van der Waals surface area contributed by atoms with E-state index in [0.717, 1.165) is 24.8 Å². The van der Waals surface area contributed by atoms with E-state index in [0.29, 0.717) is 35.8 Å². The summed E-state index contributed by atoms with van der Waals surface area (Å²) >= 11 is 0. The minimum atomic E-state index is -0.0101. The fourth-order valence-corrected chi connectivity index (χ4v) is 9.26. The quantitative estimate of drug-likeness (QED) is 0.381. The third kappa shape index (κ3) is 3.99. The molecule has 1 saturated heterocycles. The van der Waals surface area contributed by atoms with E-state index in [9.17, 15) is 10.5 Å². The highest BCUT2D eigenvalue weighted by atomic mass is 15.3. The van der Waals surface area contributed by atoms with Crippen LogP contribution in [-0.2, 0) is 0 Å². The molecule has 2 heterocycles. The van der Waals surface area contributed by atoms with E-state index in [2.05, 4.69) is 88.8 Å². The van der Waals surface area contributed by atoms with Crippen LogP contribution in [0.15, 0.2) is 107 Å². The summed E-state index contributed by atoms with van der Waals surface area (Å²) in [5.41, 5.74) is 9.22. The van der Waals surface area contributed by atoms with Crippen molar-refractivity contribution >= 4 is 0 Å². The van der Waals surface area contributed by atoms with Crippen LogP contribution in [0.4, 0.5) is 0 Å². The molecule has 42 heavy (non-hydrogen) atoms. The molecule has 2 aliphatic heterocycles. The Balaban J connectivity index is 1.18. The third-order valence-electron chi connectivity index (χ3n) is 11.1. The molecule has 7 atom stereocenters. The number of allylic oxidation sites excluding steroid dienone is 10. The monoisotopic (exact) mass is 550 g/mol. The number of nitriles is 2. The maximum absolute atomic E-state index is 9.77. The number of hydrogen-bond acceptors (Lipinski definition) is 4. The topological polar surface area (TPSA) is 54.1 Å². The maximum atomic E-state index is 9.77. The molecule has 0 aromatic heterocycles. The normalized spacial score (nSPS) is 34.4. The largest absolute Gasteiger partial charge is 0.362 e. The van der Waals surface area contributed by atoms with Gasteiger partial charge < -0.3 is 9.80 Å². The lowest BCUT2D eigenvalue weighted by molar-refractivity contribution is 0.189. The first-order chi connectivity index (χ1) is 20.7. The molecule has 1 aromatic carbocycles. The van der Waals surface area contributed by atoms with E-state index < -0.39 is 0 Å². The fraction of sp³-hybridized carbons (Fsp3) is 0.421. The number of benzene rings is 1. The Morgan fingerprint density at radius 3 is 2.55 bits per heavy atom. The third-order valence-corrected chi connectivity index (χ3v) is 11.1. The van der Waals surface area contributed by atoms with Crippen LogP contribution in [0.2, 0.25) is 0 Å². The zero-order valence-electron chi connectivity index (χ0n) is 24.2. The van der Waals surface area contributed by atoms with Crippen molar-refractivity contribution < 1.29 is 0 Å². The SMILES string of the molecule is N#Cc1ccc(C2C=CC=C(N3C4CCCCC4C4C=CC=C(N5C6=CCCCC6C6=C5C=CC(C#N)C6)C43)C2)cc1. The lowest BCUT2D eigenvalue weighted by Crippen LogP contribution is -2.43. The van der Waals surface area contributed by atoms with Crippen LogP contribution in [-0.4, -0.2) is 21.9 Å². The maximum Gasteiger partial charge on any atom is 0.0991 e. The molecule has 0 spiro atoms. The summed E-state index contributed by atoms with van der Waals surface area (Å²) in [5, 5.41) is 19.1. The number of likely N-dealkylation sites (tertiary alicyclic amines) is 1. The highest BCUT2D eigenvalue weighted by molar-refractivity contribution is 5.51. The molecule has 8 rings (SSSR count). The van der Waals surface area contributed by atoms with Crippen molar-refractivity contribution in [2.45, 2.75) is 75.8 Å². The molecule has 7 aliphatic rings. The molecule has 0 radical (unpaired) electrons. The molecule has 210 valence electrons. The van der Waals surface area contributed by atoms with Crippen molar-refractivity contribution in [3.05, 3.63) is 118 Å². The Morgan fingerprint density at radius 1 is 0.833 bits per heavy atom. The van der Waals surface area contributed by atoms with Crippen LogP contribution < -0.4 is 0 Å². The van der Waals surface area contributed by atoms with E-state index in [1.54, 1.807) is 0 Å². The number of rotatable bonds is 3. The van der Waals surface area contributed by atoms with Gasteiger partial charge in [-0.15, -0.1) is 0 Å². The molecule has 0 amide bonds. The minimum absolute atomic E-state index is 0.0101. The van der Waals surface area contributed by atoms with Crippen LogP contribution in [0.25, 0.3) is 0 Å². The van der Waals surface area contributed by atoms with Gasteiger partial charge in [0.15, 0.2) is 0 Å². The van der Waals surface area contributed by atoms with E-state index >= 15 is 0 Å². The molecule has 2 fully saturated rings. The van der Waals surface area contributed by atoms with Crippen molar-refractivity contribution in [2.24, 2.45) is 23.7 Å². The summed E-state index contributed by atoms with van der Waals surface area (Å²) in [7, 11) is 0. The molecular weight excluding hydrogens is 512 g/mol. The van der Waals surface area contributed by atoms with Crippen molar-refractivity contribution in [1.29, 1.82) is 10.5 Å². The first-order valence-electron chi connectivity index (χ1n) is 16.1. The minimum Gasteiger partial charge on any atom is -0.362 e. The lowest BCUT2D eigenvalue weighted by atomic mass is 9.76. The number of nitrogens with zero attached hydrogens (tertiary/aromatic N) is 4. The molecular formula is C38H38N4. The van der Waals surface area contributed by atoms with Crippen molar-refractivity contribution in [1.82, 2.24) is 9.80 Å². The second-order valence-electron chi connectivity index (χ2n) is 13.2. The Kier molecular flexibility index (Phi) is 6.33. The highest BCUT2D eigenvalue weighted by Gasteiger charge is 2.53. The average Bonchev–Trinajstić information content (AvgIpc) is 3.57. The summed E-state index contributed by atoms with van der Waals surface area (Å²) in [6.07, 6.45) is 31.9. The zero-order valence-corrected chi connectivity index (χ0v) is 24.2. The summed E-state index contributed by atoms with van der Waals surface area (Å²) in [5.74, 6) is 1.96. The van der Waals surface area contributed by atoms with E-state index in [1.165, 1.54) is 72.4 Å². The Morgan fingerprint density at radius 2 is 1.69 bits per heavy atom. The van der Waals surface area contributed by atoms with Crippen LogP contribution >= 0.6 is 0 Å². The highest BCUT2D eigenvalue weighted by Crippen LogP contribution is 2.55. The lowest BCUT2D eigenvalue weighted by Gasteiger charge is -2.43. The summed E-state index contributed by atoms with van der Waals surface area (Å²) < 4.78 is 0. The van der Waals surface area contributed by atoms with Crippen LogP contribution in [0.1, 0.15) is 74.8 Å². The van der Waals surface area contributed by atoms with Gasteiger partial charge in [-0.1, -0.05) is 61.4 Å². The standard InChI is InChI=1S/C38H38N4/c39-23-25-15-18-27(19-16-25)28-7-5-8-29(22-28)41-34-12-3-1-9-30(34)32-11-6-14-37(38(32)41)42-35-13-4-2-10-31(35)33-21-26(24-40)17-20-36(33)42/h5-8,11,13-20,26,28,30-32,34,38H,1-4,9-10,12,21-22H2. The first-order valence-corrected chi connectivity index (χ1v) is 16.1. The second-order valence-corrected chi connectivity index (χ2v) is 13.2. The first kappa shape index (κ1) is 25.7. The van der Waals surface area contributed by atoms with Gasteiger partial charge in [0.05, 0.1) is 29.7 Å². The van der Waals surface area contributed by atoms with Gasteiger partial charge in [0.1, 0.15) is 0 Å². The van der Waals surface area contributed by atoms with Gasteiger partial charge in [0.25, 0.3) is 0 Å². The molecule has 4 heteroatoms. The fourth-order valence-electron chi connectivity index (χ4n) is 9.26. The Labute approximate surface area is 250 Å². The van der Waals surface area contributed by atoms with Gasteiger partial charge in [-0.2, -0.15) is 10.5 Å². The summed E-state index contributed by atoms with van der Waals surface area (Å²) in [6, 6.07) is 13.9. The zero-order chi connectivity index (χ0) is 28.2. The molecule has 4 nitrogen and oxygen atoms in total. The van der Waals surface area contributed by atoms with Crippen LogP contribution in [0.3, 0.4) is 0 Å². The molecule has 5 aliphatic carbocycles. The van der Waals surface area contributed by atoms with Gasteiger partial charge in [-0.3, -0.25) is 0 Å². The molecule has 0 bridgehead atoms. The molecule has 7 unspecified atom stereocenters. The average molecular weight is 551 g/mol. The van der Waals surface area contributed by atoms with Crippen molar-refractivity contribution in [2.75, 3.05) is 0 Å². The van der Waals surface area contributed by atoms with Crippen LogP contribution in [0, 0.1) is 46.3 Å².